The molecule has 0 spiro atoms. The Kier molecular flexibility index (Phi) is 4.90. The molecule has 2 aromatic rings. The fourth-order valence-corrected chi connectivity index (χ4v) is 2.68. The van der Waals surface area contributed by atoms with Crippen LogP contribution in [0.5, 0.6) is 11.5 Å². The van der Waals surface area contributed by atoms with E-state index in [1.807, 2.05) is 40.8 Å². The summed E-state index contributed by atoms with van der Waals surface area (Å²) in [4.78, 5) is 0. The molecule has 2 aromatic carbocycles. The third kappa shape index (κ3) is 3.44. The molecule has 0 radical (unpaired) electrons. The first-order chi connectivity index (χ1) is 9.38. The second-order valence-electron chi connectivity index (χ2n) is 4.74. The summed E-state index contributed by atoms with van der Waals surface area (Å²) in [5, 5.41) is 0. The maximum absolute atomic E-state index is 13.6. The minimum Gasteiger partial charge on any atom is -0.455 e. The van der Waals surface area contributed by atoms with Crippen molar-refractivity contribution in [2.24, 2.45) is 0 Å². The first-order valence-corrected chi connectivity index (χ1v) is 7.97. The van der Waals surface area contributed by atoms with Crippen molar-refractivity contribution in [1.82, 2.24) is 0 Å². The Bertz CT molecular complexity index is 646. The SMILES string of the molecule is CC(C)c1cc(Br)ccc1Oc1cc(F)c(I)cc1N. The average molecular weight is 450 g/mol. The van der Waals surface area contributed by atoms with Crippen molar-refractivity contribution in [3.05, 3.63) is 49.8 Å². The van der Waals surface area contributed by atoms with Gasteiger partial charge < -0.3 is 10.5 Å². The van der Waals surface area contributed by atoms with Gasteiger partial charge in [-0.15, -0.1) is 0 Å². The molecule has 0 aromatic heterocycles. The van der Waals surface area contributed by atoms with E-state index in [-0.39, 0.29) is 11.7 Å². The van der Waals surface area contributed by atoms with Crippen LogP contribution in [0.2, 0.25) is 0 Å². The maximum atomic E-state index is 13.6. The molecule has 0 bridgehead atoms. The van der Waals surface area contributed by atoms with E-state index in [0.717, 1.165) is 10.0 Å². The first kappa shape index (κ1) is 15.6. The van der Waals surface area contributed by atoms with Crippen LogP contribution in [-0.4, -0.2) is 0 Å². The first-order valence-electron chi connectivity index (χ1n) is 6.10. The second-order valence-corrected chi connectivity index (χ2v) is 6.82. The molecule has 2 rings (SSSR count). The Morgan fingerprint density at radius 2 is 1.90 bits per heavy atom. The highest BCUT2D eigenvalue weighted by Gasteiger charge is 2.13. The van der Waals surface area contributed by atoms with E-state index in [2.05, 4.69) is 29.8 Å². The van der Waals surface area contributed by atoms with E-state index in [9.17, 15) is 4.39 Å². The van der Waals surface area contributed by atoms with Crippen LogP contribution in [0, 0.1) is 9.39 Å². The summed E-state index contributed by atoms with van der Waals surface area (Å²) in [7, 11) is 0. The Hall–Kier alpha value is -0.820. The van der Waals surface area contributed by atoms with E-state index in [1.165, 1.54) is 6.07 Å². The zero-order valence-electron chi connectivity index (χ0n) is 11.1. The Morgan fingerprint density at radius 3 is 2.55 bits per heavy atom. The molecular weight excluding hydrogens is 436 g/mol. The molecule has 0 unspecified atom stereocenters. The summed E-state index contributed by atoms with van der Waals surface area (Å²) >= 11 is 5.35. The minimum atomic E-state index is -0.335. The van der Waals surface area contributed by atoms with Gasteiger partial charge in [0.2, 0.25) is 0 Å². The molecule has 0 atom stereocenters. The Morgan fingerprint density at radius 1 is 1.20 bits per heavy atom. The summed E-state index contributed by atoms with van der Waals surface area (Å²) in [6, 6.07) is 8.64. The molecule has 0 aliphatic carbocycles. The van der Waals surface area contributed by atoms with Gasteiger partial charge in [0, 0.05) is 10.5 Å². The molecule has 2 N–H and O–H groups in total. The second kappa shape index (κ2) is 6.30. The lowest BCUT2D eigenvalue weighted by Gasteiger charge is -2.15. The minimum absolute atomic E-state index is 0.289. The number of rotatable bonds is 3. The fourth-order valence-electron chi connectivity index (χ4n) is 1.81. The van der Waals surface area contributed by atoms with Crippen LogP contribution >= 0.6 is 38.5 Å². The molecule has 106 valence electrons. The third-order valence-electron chi connectivity index (χ3n) is 2.87. The third-order valence-corrected chi connectivity index (χ3v) is 4.19. The molecule has 2 nitrogen and oxygen atoms in total. The van der Waals surface area contributed by atoms with Gasteiger partial charge in [0.1, 0.15) is 11.6 Å². The summed E-state index contributed by atoms with van der Waals surface area (Å²) in [5.74, 6) is 0.984. The van der Waals surface area contributed by atoms with Crippen molar-refractivity contribution in [3.63, 3.8) is 0 Å². The van der Waals surface area contributed by atoms with E-state index in [1.54, 1.807) is 6.07 Å². The van der Waals surface area contributed by atoms with Gasteiger partial charge in [0.25, 0.3) is 0 Å². The summed E-state index contributed by atoms with van der Waals surface area (Å²) in [5.41, 5.74) is 7.35. The zero-order valence-corrected chi connectivity index (χ0v) is 14.8. The summed E-state index contributed by atoms with van der Waals surface area (Å²) in [6.45, 7) is 4.15. The molecule has 0 heterocycles. The van der Waals surface area contributed by atoms with Crippen LogP contribution in [-0.2, 0) is 0 Å². The van der Waals surface area contributed by atoms with E-state index < -0.39 is 0 Å². The highest BCUT2D eigenvalue weighted by Crippen LogP contribution is 2.36. The number of hydrogen-bond acceptors (Lipinski definition) is 2. The highest BCUT2D eigenvalue weighted by atomic mass is 127. The molecule has 0 amide bonds. The largest absolute Gasteiger partial charge is 0.455 e. The van der Waals surface area contributed by atoms with Crippen LogP contribution in [0.15, 0.2) is 34.8 Å². The number of hydrogen-bond donors (Lipinski definition) is 1. The smallest absolute Gasteiger partial charge is 0.153 e. The molecule has 20 heavy (non-hydrogen) atoms. The number of benzene rings is 2. The van der Waals surface area contributed by atoms with Crippen molar-refractivity contribution in [3.8, 4) is 11.5 Å². The zero-order chi connectivity index (χ0) is 14.9. The van der Waals surface area contributed by atoms with Crippen LogP contribution in [0.25, 0.3) is 0 Å². The predicted octanol–water partition coefficient (Wildman–Crippen LogP) is 5.69. The van der Waals surface area contributed by atoms with Gasteiger partial charge in [-0.25, -0.2) is 4.39 Å². The van der Waals surface area contributed by atoms with Crippen LogP contribution in [0.3, 0.4) is 0 Å². The van der Waals surface area contributed by atoms with Gasteiger partial charge in [-0.1, -0.05) is 29.8 Å². The fraction of sp³-hybridized carbons (Fsp3) is 0.200. The lowest BCUT2D eigenvalue weighted by atomic mass is 10.0. The standard InChI is InChI=1S/C15H14BrFINO/c1-8(2)10-5-9(16)3-4-14(10)20-15-6-11(17)12(18)7-13(15)19/h3-8H,19H2,1-2H3. The van der Waals surface area contributed by atoms with E-state index >= 15 is 0 Å². The van der Waals surface area contributed by atoms with Crippen molar-refractivity contribution in [2.45, 2.75) is 19.8 Å². The molecule has 0 aliphatic rings. The van der Waals surface area contributed by atoms with Crippen molar-refractivity contribution < 1.29 is 9.13 Å². The Labute approximate surface area is 139 Å². The summed E-state index contributed by atoms with van der Waals surface area (Å²) < 4.78 is 20.9. The highest BCUT2D eigenvalue weighted by molar-refractivity contribution is 14.1. The van der Waals surface area contributed by atoms with Crippen molar-refractivity contribution in [2.75, 3.05) is 5.73 Å². The topological polar surface area (TPSA) is 35.2 Å². The van der Waals surface area contributed by atoms with Gasteiger partial charge >= 0.3 is 0 Å². The number of nitrogens with two attached hydrogens (primary N) is 1. The van der Waals surface area contributed by atoms with Crippen LogP contribution < -0.4 is 10.5 Å². The monoisotopic (exact) mass is 449 g/mol. The lowest BCUT2D eigenvalue weighted by molar-refractivity contribution is 0.469. The predicted molar refractivity (Wildman–Crippen MR) is 91.8 cm³/mol. The van der Waals surface area contributed by atoms with E-state index in [4.69, 9.17) is 10.5 Å². The molecule has 0 saturated carbocycles. The lowest BCUT2D eigenvalue weighted by Crippen LogP contribution is -1.98. The number of anilines is 1. The molecule has 5 heteroatoms. The molecule has 0 fully saturated rings. The quantitative estimate of drug-likeness (QED) is 0.482. The number of ether oxygens (including phenoxy) is 1. The Balaban J connectivity index is 2.42. The number of nitrogen functional groups attached to an aromatic ring is 1. The summed E-state index contributed by atoms with van der Waals surface area (Å²) in [6.07, 6.45) is 0. The van der Waals surface area contributed by atoms with Gasteiger partial charge in [-0.2, -0.15) is 0 Å². The van der Waals surface area contributed by atoms with Crippen LogP contribution in [0.1, 0.15) is 25.3 Å². The van der Waals surface area contributed by atoms with Gasteiger partial charge in [-0.3, -0.25) is 0 Å². The van der Waals surface area contributed by atoms with Gasteiger partial charge in [0.05, 0.1) is 9.26 Å². The van der Waals surface area contributed by atoms with Gasteiger partial charge in [-0.05, 0) is 58.3 Å². The average Bonchev–Trinajstić information content (AvgIpc) is 2.37. The molecular formula is C15H14BrFINO. The normalized spacial score (nSPS) is 10.9. The maximum Gasteiger partial charge on any atom is 0.153 e. The molecule has 0 aliphatic heterocycles. The van der Waals surface area contributed by atoms with Gasteiger partial charge in [0.15, 0.2) is 5.75 Å². The van der Waals surface area contributed by atoms with E-state index in [0.29, 0.717) is 20.8 Å². The number of halogens is 3. The van der Waals surface area contributed by atoms with Crippen molar-refractivity contribution >= 4 is 44.2 Å². The van der Waals surface area contributed by atoms with Crippen molar-refractivity contribution in [1.29, 1.82) is 0 Å². The molecule has 0 saturated heterocycles. The van der Waals surface area contributed by atoms with Crippen LogP contribution in [0.4, 0.5) is 10.1 Å².